The van der Waals surface area contributed by atoms with Crippen LogP contribution in [0.25, 0.3) is 0 Å². The predicted molar refractivity (Wildman–Crippen MR) is 66.6 cm³/mol. The zero-order chi connectivity index (χ0) is 13.4. The first-order chi connectivity index (χ1) is 7.88. The zero-order valence-corrected chi connectivity index (χ0v) is 11.4. The van der Waals surface area contributed by atoms with Crippen molar-refractivity contribution in [3.63, 3.8) is 0 Å². The van der Waals surface area contributed by atoms with Gasteiger partial charge < -0.3 is 10.1 Å². The molecule has 0 saturated carbocycles. The van der Waals surface area contributed by atoms with Crippen LogP contribution in [0.3, 0.4) is 0 Å². The van der Waals surface area contributed by atoms with E-state index in [0.717, 1.165) is 0 Å². The molecule has 0 heterocycles. The molecule has 0 saturated heterocycles. The van der Waals surface area contributed by atoms with Gasteiger partial charge in [-0.25, -0.2) is 0 Å². The first-order valence-corrected chi connectivity index (χ1v) is 5.93. The summed E-state index contributed by atoms with van der Waals surface area (Å²) in [6.07, 6.45) is 0.300. The number of amides is 1. The van der Waals surface area contributed by atoms with Gasteiger partial charge in [0.2, 0.25) is 5.91 Å². The lowest BCUT2D eigenvalue weighted by molar-refractivity contribution is -0.141. The molecule has 0 rings (SSSR count). The molecule has 1 N–H and O–H groups in total. The second-order valence-electron chi connectivity index (χ2n) is 4.62. The van der Waals surface area contributed by atoms with Crippen LogP contribution in [-0.4, -0.2) is 50.1 Å². The van der Waals surface area contributed by atoms with Gasteiger partial charge in [0.05, 0.1) is 19.6 Å². The third-order valence-corrected chi connectivity index (χ3v) is 2.62. The van der Waals surface area contributed by atoms with Crippen LogP contribution in [0, 0.1) is 5.92 Å². The summed E-state index contributed by atoms with van der Waals surface area (Å²) in [4.78, 5) is 24.5. The van der Waals surface area contributed by atoms with Crippen LogP contribution in [0.4, 0.5) is 0 Å². The first kappa shape index (κ1) is 15.9. The maximum Gasteiger partial charge on any atom is 0.306 e. The van der Waals surface area contributed by atoms with Gasteiger partial charge in [0.1, 0.15) is 0 Å². The summed E-state index contributed by atoms with van der Waals surface area (Å²) in [6, 6.07) is -0.238. The van der Waals surface area contributed by atoms with Gasteiger partial charge in [-0.05, 0) is 19.9 Å². The molecule has 5 heteroatoms. The minimum atomic E-state index is -0.258. The van der Waals surface area contributed by atoms with Crippen LogP contribution in [0.1, 0.15) is 27.2 Å². The molecule has 1 amide bonds. The first-order valence-electron chi connectivity index (χ1n) is 5.93. The number of likely N-dealkylation sites (N-methyl/N-ethyl adjacent to an activating group) is 1. The number of methoxy groups -OCH3 is 1. The molecule has 0 aliphatic heterocycles. The molecule has 0 spiro atoms. The SMILES string of the molecule is COC(=O)CCN(C)C(C)C(=O)NCC(C)C. The van der Waals surface area contributed by atoms with Gasteiger partial charge in [-0.1, -0.05) is 13.8 Å². The van der Waals surface area contributed by atoms with E-state index in [0.29, 0.717) is 25.4 Å². The van der Waals surface area contributed by atoms with E-state index in [1.807, 2.05) is 32.7 Å². The molecule has 0 aliphatic rings. The second kappa shape index (κ2) is 8.06. The van der Waals surface area contributed by atoms with Crippen molar-refractivity contribution in [1.82, 2.24) is 10.2 Å². The lowest BCUT2D eigenvalue weighted by atomic mass is 10.2. The monoisotopic (exact) mass is 244 g/mol. The smallest absolute Gasteiger partial charge is 0.306 e. The molecule has 0 radical (unpaired) electrons. The quantitative estimate of drug-likeness (QED) is 0.668. The fourth-order valence-electron chi connectivity index (χ4n) is 1.22. The Bertz CT molecular complexity index is 254. The van der Waals surface area contributed by atoms with Crippen molar-refractivity contribution in [2.45, 2.75) is 33.2 Å². The number of hydrogen-bond acceptors (Lipinski definition) is 4. The molecule has 0 aromatic rings. The average Bonchev–Trinajstić information content (AvgIpc) is 2.31. The zero-order valence-electron chi connectivity index (χ0n) is 11.4. The highest BCUT2D eigenvalue weighted by molar-refractivity contribution is 5.81. The summed E-state index contributed by atoms with van der Waals surface area (Å²) in [5.74, 6) is 0.171. The van der Waals surface area contributed by atoms with Gasteiger partial charge in [0, 0.05) is 13.1 Å². The Hall–Kier alpha value is -1.10. The van der Waals surface area contributed by atoms with Crippen LogP contribution in [0.15, 0.2) is 0 Å². The Morgan fingerprint density at radius 2 is 1.88 bits per heavy atom. The highest BCUT2D eigenvalue weighted by atomic mass is 16.5. The van der Waals surface area contributed by atoms with Crippen molar-refractivity contribution in [2.24, 2.45) is 5.92 Å². The maximum atomic E-state index is 11.7. The molecule has 0 aromatic carbocycles. The highest BCUT2D eigenvalue weighted by Crippen LogP contribution is 1.99. The summed E-state index contributed by atoms with van der Waals surface area (Å²) in [5, 5.41) is 2.87. The van der Waals surface area contributed by atoms with Crippen molar-refractivity contribution in [3.05, 3.63) is 0 Å². The number of carbonyl (C=O) groups is 2. The number of nitrogens with one attached hydrogen (secondary N) is 1. The lowest BCUT2D eigenvalue weighted by Gasteiger charge is -2.23. The summed E-state index contributed by atoms with van der Waals surface area (Å²) in [5.41, 5.74) is 0. The van der Waals surface area contributed by atoms with Crippen molar-refractivity contribution in [3.8, 4) is 0 Å². The van der Waals surface area contributed by atoms with Gasteiger partial charge in [0.25, 0.3) is 0 Å². The third kappa shape index (κ3) is 6.94. The summed E-state index contributed by atoms with van der Waals surface area (Å²) in [7, 11) is 3.18. The number of esters is 1. The Balaban J connectivity index is 3.98. The van der Waals surface area contributed by atoms with Gasteiger partial charge in [-0.15, -0.1) is 0 Å². The second-order valence-corrected chi connectivity index (χ2v) is 4.62. The van der Waals surface area contributed by atoms with Crippen molar-refractivity contribution in [2.75, 3.05) is 27.2 Å². The number of rotatable bonds is 7. The van der Waals surface area contributed by atoms with E-state index in [-0.39, 0.29) is 17.9 Å². The van der Waals surface area contributed by atoms with Crippen LogP contribution in [-0.2, 0) is 14.3 Å². The minimum absolute atomic E-state index is 0.00827. The molecule has 0 bridgehead atoms. The van der Waals surface area contributed by atoms with E-state index in [4.69, 9.17) is 0 Å². The average molecular weight is 244 g/mol. The largest absolute Gasteiger partial charge is 0.469 e. The normalized spacial score (nSPS) is 12.6. The molecule has 1 atom stereocenters. The van der Waals surface area contributed by atoms with E-state index < -0.39 is 0 Å². The molecule has 17 heavy (non-hydrogen) atoms. The van der Waals surface area contributed by atoms with Crippen LogP contribution >= 0.6 is 0 Å². The van der Waals surface area contributed by atoms with Crippen LogP contribution in [0.2, 0.25) is 0 Å². The molecule has 0 aliphatic carbocycles. The Morgan fingerprint density at radius 3 is 2.35 bits per heavy atom. The fraction of sp³-hybridized carbons (Fsp3) is 0.833. The molecule has 0 aromatic heterocycles. The van der Waals surface area contributed by atoms with Gasteiger partial charge >= 0.3 is 5.97 Å². The summed E-state index contributed by atoms with van der Waals surface area (Å²) < 4.78 is 4.55. The number of hydrogen-bond donors (Lipinski definition) is 1. The maximum absolute atomic E-state index is 11.7. The van der Waals surface area contributed by atoms with Gasteiger partial charge in [-0.2, -0.15) is 0 Å². The summed E-state index contributed by atoms with van der Waals surface area (Å²) >= 11 is 0. The van der Waals surface area contributed by atoms with Crippen LogP contribution < -0.4 is 5.32 Å². The predicted octanol–water partition coefficient (Wildman–Crippen LogP) is 0.642. The van der Waals surface area contributed by atoms with E-state index >= 15 is 0 Å². The Kier molecular flexibility index (Phi) is 7.54. The minimum Gasteiger partial charge on any atom is -0.469 e. The number of ether oxygens (including phenoxy) is 1. The van der Waals surface area contributed by atoms with Gasteiger partial charge in [-0.3, -0.25) is 14.5 Å². The summed E-state index contributed by atoms with van der Waals surface area (Å²) in [6.45, 7) is 7.11. The van der Waals surface area contributed by atoms with Crippen molar-refractivity contribution >= 4 is 11.9 Å². The van der Waals surface area contributed by atoms with E-state index in [1.54, 1.807) is 0 Å². The molecular formula is C12H24N2O3. The fourth-order valence-corrected chi connectivity index (χ4v) is 1.22. The van der Waals surface area contributed by atoms with Crippen molar-refractivity contribution in [1.29, 1.82) is 0 Å². The van der Waals surface area contributed by atoms with E-state index in [2.05, 4.69) is 10.1 Å². The van der Waals surface area contributed by atoms with Gasteiger partial charge in [0.15, 0.2) is 0 Å². The molecule has 100 valence electrons. The molecule has 5 nitrogen and oxygen atoms in total. The standard InChI is InChI=1S/C12H24N2O3/c1-9(2)8-13-12(16)10(3)14(4)7-6-11(15)17-5/h9-10H,6-8H2,1-5H3,(H,13,16). The number of nitrogens with zero attached hydrogens (tertiary/aromatic N) is 1. The Labute approximate surface area is 103 Å². The lowest BCUT2D eigenvalue weighted by Crippen LogP contribution is -2.44. The Morgan fingerprint density at radius 1 is 1.29 bits per heavy atom. The highest BCUT2D eigenvalue weighted by Gasteiger charge is 2.18. The number of carbonyl (C=O) groups excluding carboxylic acids is 2. The molecular weight excluding hydrogens is 220 g/mol. The van der Waals surface area contributed by atoms with E-state index in [9.17, 15) is 9.59 Å². The van der Waals surface area contributed by atoms with Crippen LogP contribution in [0.5, 0.6) is 0 Å². The molecule has 0 fully saturated rings. The third-order valence-electron chi connectivity index (χ3n) is 2.62. The topological polar surface area (TPSA) is 58.6 Å². The molecule has 1 unspecified atom stereocenters. The van der Waals surface area contributed by atoms with Crippen molar-refractivity contribution < 1.29 is 14.3 Å². The van der Waals surface area contributed by atoms with E-state index in [1.165, 1.54) is 7.11 Å².